The third-order valence-electron chi connectivity index (χ3n) is 4.04. The molecule has 110 valence electrons. The van der Waals surface area contributed by atoms with Crippen LogP contribution in [0.15, 0.2) is 30.5 Å². The molecule has 2 heterocycles. The van der Waals surface area contributed by atoms with Gasteiger partial charge in [0.25, 0.3) is 0 Å². The van der Waals surface area contributed by atoms with E-state index in [1.165, 1.54) is 0 Å². The average molecular weight is 284 g/mol. The van der Waals surface area contributed by atoms with Crippen LogP contribution in [-0.4, -0.2) is 37.6 Å². The molecule has 0 spiro atoms. The van der Waals surface area contributed by atoms with Crippen molar-refractivity contribution >= 4 is 22.4 Å². The topological polar surface area (TPSA) is 75.2 Å². The van der Waals surface area contributed by atoms with Crippen molar-refractivity contribution in [2.24, 2.45) is 11.7 Å². The van der Waals surface area contributed by atoms with Crippen LogP contribution in [0.2, 0.25) is 0 Å². The molecule has 2 aromatic rings. The number of nitrogen functional groups attached to an aromatic ring is 1. The maximum atomic E-state index is 7.83. The number of nitrogens with two attached hydrogens (primary N) is 1. The molecule has 3 N–H and O–H groups in total. The van der Waals surface area contributed by atoms with Crippen LogP contribution in [0.1, 0.15) is 12.0 Å². The number of para-hydroxylation sites is 1. The minimum Gasteiger partial charge on any atom is -0.384 e. The van der Waals surface area contributed by atoms with Gasteiger partial charge >= 0.3 is 0 Å². The van der Waals surface area contributed by atoms with Crippen LogP contribution in [0.5, 0.6) is 0 Å². The molecule has 1 atom stereocenters. The van der Waals surface area contributed by atoms with E-state index in [0.717, 1.165) is 42.7 Å². The Kier molecular flexibility index (Phi) is 3.75. The van der Waals surface area contributed by atoms with Crippen molar-refractivity contribution in [3.63, 3.8) is 0 Å². The molecule has 1 aliphatic heterocycles. The number of ether oxygens (including phenoxy) is 1. The number of fused-ring (bicyclic) bond motifs is 1. The van der Waals surface area contributed by atoms with E-state index in [1.807, 2.05) is 24.3 Å². The van der Waals surface area contributed by atoms with Gasteiger partial charge < -0.3 is 15.4 Å². The molecule has 3 rings (SSSR count). The van der Waals surface area contributed by atoms with E-state index in [2.05, 4.69) is 9.88 Å². The van der Waals surface area contributed by atoms with E-state index in [4.69, 9.17) is 15.9 Å². The number of pyridine rings is 1. The highest BCUT2D eigenvalue weighted by Gasteiger charge is 2.26. The van der Waals surface area contributed by atoms with E-state index in [0.29, 0.717) is 11.5 Å². The number of anilines is 1. The van der Waals surface area contributed by atoms with Crippen LogP contribution in [0.25, 0.3) is 10.9 Å². The average Bonchev–Trinajstić information content (AvgIpc) is 2.94. The van der Waals surface area contributed by atoms with Gasteiger partial charge in [-0.05, 0) is 12.5 Å². The number of hydrogen-bond acceptors (Lipinski definition) is 4. The number of aromatic nitrogens is 1. The number of hydrogen-bond donors (Lipinski definition) is 2. The van der Waals surface area contributed by atoms with Crippen molar-refractivity contribution < 1.29 is 4.74 Å². The Balaban J connectivity index is 2.07. The third kappa shape index (κ3) is 2.56. The first-order valence-electron chi connectivity index (χ1n) is 7.16. The second-order valence-electron chi connectivity index (χ2n) is 5.51. The zero-order valence-electron chi connectivity index (χ0n) is 12.2. The standard InChI is InChI=1S/C16H20N4O/c1-21-10-11-6-7-20(9-11)15-12-4-2-3-5-14(12)19-8-13(15)16(17)18/h2-5,8,11H,6-7,9-10H2,1H3,(H3,17,18). The summed E-state index contributed by atoms with van der Waals surface area (Å²) in [6.07, 6.45) is 2.81. The predicted molar refractivity (Wildman–Crippen MR) is 85.0 cm³/mol. The highest BCUT2D eigenvalue weighted by Crippen LogP contribution is 2.33. The SMILES string of the molecule is COCC1CCN(c2c(C(=N)N)cnc3ccccc23)C1. The summed E-state index contributed by atoms with van der Waals surface area (Å²) in [5.41, 5.74) is 8.44. The van der Waals surface area contributed by atoms with E-state index < -0.39 is 0 Å². The normalized spacial score (nSPS) is 18.3. The Bertz CT molecular complexity index is 670. The summed E-state index contributed by atoms with van der Waals surface area (Å²) in [4.78, 5) is 6.73. The summed E-state index contributed by atoms with van der Waals surface area (Å²) in [7, 11) is 1.74. The summed E-state index contributed by atoms with van der Waals surface area (Å²) >= 11 is 0. The van der Waals surface area contributed by atoms with Crippen LogP contribution < -0.4 is 10.6 Å². The minimum absolute atomic E-state index is 0.0680. The second kappa shape index (κ2) is 5.69. The Morgan fingerprint density at radius 3 is 3.05 bits per heavy atom. The van der Waals surface area contributed by atoms with Gasteiger partial charge in [0.05, 0.1) is 23.4 Å². The molecule has 21 heavy (non-hydrogen) atoms. The fourth-order valence-corrected chi connectivity index (χ4v) is 3.07. The lowest BCUT2D eigenvalue weighted by Crippen LogP contribution is -2.25. The summed E-state index contributed by atoms with van der Waals surface area (Å²) in [6, 6.07) is 8.02. The van der Waals surface area contributed by atoms with Crippen LogP contribution in [0.3, 0.4) is 0 Å². The summed E-state index contributed by atoms with van der Waals surface area (Å²) in [5, 5.41) is 8.89. The Hall–Kier alpha value is -2.14. The van der Waals surface area contributed by atoms with Gasteiger partial charge in [0.15, 0.2) is 0 Å². The molecule has 0 amide bonds. The molecule has 1 saturated heterocycles. The minimum atomic E-state index is 0.0680. The highest BCUT2D eigenvalue weighted by atomic mass is 16.5. The van der Waals surface area contributed by atoms with Gasteiger partial charge in [0.1, 0.15) is 5.84 Å². The van der Waals surface area contributed by atoms with Crippen LogP contribution in [-0.2, 0) is 4.74 Å². The largest absolute Gasteiger partial charge is 0.384 e. The molecular weight excluding hydrogens is 264 g/mol. The van der Waals surface area contributed by atoms with Crippen LogP contribution >= 0.6 is 0 Å². The molecular formula is C16H20N4O. The Morgan fingerprint density at radius 2 is 2.29 bits per heavy atom. The molecule has 5 heteroatoms. The van der Waals surface area contributed by atoms with Gasteiger partial charge in [-0.25, -0.2) is 0 Å². The number of nitrogens with zero attached hydrogens (tertiary/aromatic N) is 2. The smallest absolute Gasteiger partial charge is 0.126 e. The molecule has 1 aliphatic rings. The number of amidine groups is 1. The molecule has 1 unspecified atom stereocenters. The molecule has 0 aliphatic carbocycles. The first kappa shape index (κ1) is 13.8. The molecule has 1 fully saturated rings. The fraction of sp³-hybridized carbons (Fsp3) is 0.375. The monoisotopic (exact) mass is 284 g/mol. The summed E-state index contributed by atoms with van der Waals surface area (Å²) < 4.78 is 5.27. The molecule has 0 saturated carbocycles. The highest BCUT2D eigenvalue weighted by molar-refractivity contribution is 6.07. The maximum absolute atomic E-state index is 7.83. The molecule has 1 aromatic carbocycles. The Morgan fingerprint density at radius 1 is 1.48 bits per heavy atom. The molecule has 1 aromatic heterocycles. The van der Waals surface area contributed by atoms with Crippen molar-refractivity contribution in [3.05, 3.63) is 36.0 Å². The van der Waals surface area contributed by atoms with E-state index in [1.54, 1.807) is 13.3 Å². The zero-order chi connectivity index (χ0) is 14.8. The third-order valence-corrected chi connectivity index (χ3v) is 4.04. The van der Waals surface area contributed by atoms with Gasteiger partial charge in [-0.15, -0.1) is 0 Å². The molecule has 0 bridgehead atoms. The number of nitrogens with one attached hydrogen (secondary N) is 1. The van der Waals surface area contributed by atoms with Crippen molar-refractivity contribution in [2.75, 3.05) is 31.7 Å². The van der Waals surface area contributed by atoms with Crippen molar-refractivity contribution in [3.8, 4) is 0 Å². The van der Waals surface area contributed by atoms with Crippen LogP contribution in [0, 0.1) is 11.3 Å². The maximum Gasteiger partial charge on any atom is 0.126 e. The fourth-order valence-electron chi connectivity index (χ4n) is 3.07. The lowest BCUT2D eigenvalue weighted by molar-refractivity contribution is 0.161. The van der Waals surface area contributed by atoms with E-state index in [-0.39, 0.29) is 5.84 Å². The number of rotatable bonds is 4. The summed E-state index contributed by atoms with van der Waals surface area (Å²) in [6.45, 7) is 2.67. The van der Waals surface area contributed by atoms with Gasteiger partial charge in [0.2, 0.25) is 0 Å². The number of methoxy groups -OCH3 is 1. The van der Waals surface area contributed by atoms with Crippen molar-refractivity contribution in [2.45, 2.75) is 6.42 Å². The second-order valence-corrected chi connectivity index (χ2v) is 5.51. The van der Waals surface area contributed by atoms with E-state index in [9.17, 15) is 0 Å². The molecule has 5 nitrogen and oxygen atoms in total. The quantitative estimate of drug-likeness (QED) is 0.665. The van der Waals surface area contributed by atoms with E-state index >= 15 is 0 Å². The van der Waals surface area contributed by atoms with Gasteiger partial charge in [0, 0.05) is 37.7 Å². The van der Waals surface area contributed by atoms with Gasteiger partial charge in [-0.2, -0.15) is 0 Å². The first-order valence-corrected chi connectivity index (χ1v) is 7.16. The lowest BCUT2D eigenvalue weighted by Gasteiger charge is -2.23. The van der Waals surface area contributed by atoms with Crippen molar-refractivity contribution in [1.82, 2.24) is 4.98 Å². The number of benzene rings is 1. The van der Waals surface area contributed by atoms with Gasteiger partial charge in [-0.3, -0.25) is 10.4 Å². The first-order chi connectivity index (χ1) is 10.2. The lowest BCUT2D eigenvalue weighted by atomic mass is 10.1. The van der Waals surface area contributed by atoms with Crippen LogP contribution in [0.4, 0.5) is 5.69 Å². The summed E-state index contributed by atoms with van der Waals surface area (Å²) in [5.74, 6) is 0.597. The van der Waals surface area contributed by atoms with Crippen molar-refractivity contribution in [1.29, 1.82) is 5.41 Å². The Labute approximate surface area is 124 Å². The zero-order valence-corrected chi connectivity index (χ0v) is 12.2. The molecule has 0 radical (unpaired) electrons. The predicted octanol–water partition coefficient (Wildman–Crippen LogP) is 1.99. The van der Waals surface area contributed by atoms with Gasteiger partial charge in [-0.1, -0.05) is 18.2 Å².